The Labute approximate surface area is 201 Å². The van der Waals surface area contributed by atoms with Crippen LogP contribution in [0.25, 0.3) is 11.3 Å². The minimum Gasteiger partial charge on any atom is -0.376 e. The highest BCUT2D eigenvalue weighted by Crippen LogP contribution is 2.19. The number of anilines is 1. The molecule has 34 heavy (non-hydrogen) atoms. The molecule has 0 spiro atoms. The van der Waals surface area contributed by atoms with Crippen LogP contribution in [0, 0.1) is 0 Å². The number of benzene rings is 1. The number of amides is 3. The lowest BCUT2D eigenvalue weighted by Gasteiger charge is -2.36. The molecule has 2 saturated heterocycles. The number of rotatable bonds is 7. The number of piperazine rings is 1. The maximum absolute atomic E-state index is 13.0. The van der Waals surface area contributed by atoms with Crippen molar-refractivity contribution in [1.82, 2.24) is 25.3 Å². The minimum absolute atomic E-state index is 0.00000768. The van der Waals surface area contributed by atoms with E-state index in [9.17, 15) is 9.59 Å². The average molecular weight is 467 g/mol. The molecule has 3 amide bonds. The molecule has 1 N–H and O–H groups in total. The molecule has 1 aromatic carbocycles. The highest BCUT2D eigenvalue weighted by molar-refractivity contribution is 5.84. The molecule has 1 aromatic heterocycles. The molecule has 0 aliphatic carbocycles. The molecule has 0 unspecified atom stereocenters. The number of carbonyl (C=O) groups excluding carboxylic acids is 2. The standard InChI is InChI=1S/C25H34N6O3/c1-19(2)26-25(33)31(17-21-9-6-16-34-21)18-24(32)30-14-12-29(13-15-30)23-11-10-22(27-28-23)20-7-4-3-5-8-20/h3-5,7-8,10-11,19,21H,6,9,12-18H2,1-2H3,(H,26,33)/t21-/m1/s1. The molecule has 9 nitrogen and oxygen atoms in total. The van der Waals surface area contributed by atoms with Gasteiger partial charge in [0.05, 0.1) is 11.8 Å². The van der Waals surface area contributed by atoms with Crippen molar-refractivity contribution < 1.29 is 14.3 Å². The summed E-state index contributed by atoms with van der Waals surface area (Å²) in [5.41, 5.74) is 1.87. The third kappa shape index (κ3) is 6.22. The highest BCUT2D eigenvalue weighted by Gasteiger charge is 2.28. The smallest absolute Gasteiger partial charge is 0.318 e. The summed E-state index contributed by atoms with van der Waals surface area (Å²) in [7, 11) is 0. The molecule has 0 radical (unpaired) electrons. The molecule has 2 aliphatic rings. The number of carbonyl (C=O) groups is 2. The van der Waals surface area contributed by atoms with Crippen molar-refractivity contribution in [3.05, 3.63) is 42.5 Å². The maximum atomic E-state index is 13.0. The Morgan fingerprint density at radius 3 is 2.47 bits per heavy atom. The van der Waals surface area contributed by atoms with E-state index < -0.39 is 0 Å². The zero-order valence-electron chi connectivity index (χ0n) is 20.0. The Balaban J connectivity index is 1.31. The van der Waals surface area contributed by atoms with Gasteiger partial charge in [0.15, 0.2) is 5.82 Å². The molecule has 1 atom stereocenters. The fraction of sp³-hybridized carbons (Fsp3) is 0.520. The van der Waals surface area contributed by atoms with E-state index in [1.54, 1.807) is 4.90 Å². The summed E-state index contributed by atoms with van der Waals surface area (Å²) in [4.78, 5) is 31.3. The van der Waals surface area contributed by atoms with Gasteiger partial charge in [0, 0.05) is 50.9 Å². The predicted molar refractivity (Wildman–Crippen MR) is 130 cm³/mol. The first-order valence-corrected chi connectivity index (χ1v) is 12.1. The average Bonchev–Trinajstić information content (AvgIpc) is 3.37. The van der Waals surface area contributed by atoms with Gasteiger partial charge in [-0.1, -0.05) is 30.3 Å². The van der Waals surface area contributed by atoms with Gasteiger partial charge in [0.25, 0.3) is 0 Å². The van der Waals surface area contributed by atoms with Gasteiger partial charge in [-0.15, -0.1) is 10.2 Å². The fourth-order valence-corrected chi connectivity index (χ4v) is 4.30. The lowest BCUT2D eigenvalue weighted by molar-refractivity contribution is -0.132. The molecule has 2 fully saturated rings. The van der Waals surface area contributed by atoms with E-state index >= 15 is 0 Å². The molecule has 182 valence electrons. The van der Waals surface area contributed by atoms with Crippen molar-refractivity contribution >= 4 is 17.8 Å². The number of hydrogen-bond acceptors (Lipinski definition) is 6. The van der Waals surface area contributed by atoms with Crippen LogP contribution in [0.2, 0.25) is 0 Å². The number of hydrogen-bond donors (Lipinski definition) is 1. The Morgan fingerprint density at radius 2 is 1.85 bits per heavy atom. The second-order valence-corrected chi connectivity index (χ2v) is 9.13. The normalized spacial score (nSPS) is 18.3. The predicted octanol–water partition coefficient (Wildman–Crippen LogP) is 2.39. The van der Waals surface area contributed by atoms with Crippen LogP contribution in [0.4, 0.5) is 10.6 Å². The Kier molecular flexibility index (Phi) is 7.95. The first-order chi connectivity index (χ1) is 16.5. The highest BCUT2D eigenvalue weighted by atomic mass is 16.5. The van der Waals surface area contributed by atoms with E-state index in [-0.39, 0.29) is 30.6 Å². The largest absolute Gasteiger partial charge is 0.376 e. The van der Waals surface area contributed by atoms with E-state index in [1.807, 2.05) is 61.2 Å². The third-order valence-electron chi connectivity index (χ3n) is 6.15. The van der Waals surface area contributed by atoms with Crippen LogP contribution in [0.15, 0.2) is 42.5 Å². The van der Waals surface area contributed by atoms with E-state index in [2.05, 4.69) is 20.4 Å². The van der Waals surface area contributed by atoms with Gasteiger partial charge >= 0.3 is 6.03 Å². The number of aromatic nitrogens is 2. The Bertz CT molecular complexity index is 939. The molecule has 3 heterocycles. The van der Waals surface area contributed by atoms with Crippen LogP contribution in [0.3, 0.4) is 0 Å². The zero-order valence-corrected chi connectivity index (χ0v) is 20.0. The second kappa shape index (κ2) is 11.3. The summed E-state index contributed by atoms with van der Waals surface area (Å²) in [5.74, 6) is 0.769. The summed E-state index contributed by atoms with van der Waals surface area (Å²) in [6.45, 7) is 7.56. The van der Waals surface area contributed by atoms with Crippen molar-refractivity contribution in [1.29, 1.82) is 0 Å². The number of urea groups is 1. The van der Waals surface area contributed by atoms with Gasteiger partial charge in [-0.3, -0.25) is 4.79 Å². The molecule has 4 rings (SSSR count). The van der Waals surface area contributed by atoms with Gasteiger partial charge in [-0.05, 0) is 38.8 Å². The summed E-state index contributed by atoms with van der Waals surface area (Å²) < 4.78 is 5.70. The maximum Gasteiger partial charge on any atom is 0.318 e. The van der Waals surface area contributed by atoms with Crippen molar-refractivity contribution in [2.45, 2.75) is 38.8 Å². The number of nitrogens with one attached hydrogen (secondary N) is 1. The van der Waals surface area contributed by atoms with E-state index in [4.69, 9.17) is 4.74 Å². The van der Waals surface area contributed by atoms with Crippen LogP contribution >= 0.6 is 0 Å². The van der Waals surface area contributed by atoms with Crippen LogP contribution < -0.4 is 10.2 Å². The van der Waals surface area contributed by atoms with Crippen LogP contribution in [0.1, 0.15) is 26.7 Å². The van der Waals surface area contributed by atoms with Crippen molar-refractivity contribution in [3.63, 3.8) is 0 Å². The van der Waals surface area contributed by atoms with Crippen molar-refractivity contribution in [3.8, 4) is 11.3 Å². The van der Waals surface area contributed by atoms with Gasteiger partial charge in [-0.25, -0.2) is 4.79 Å². The van der Waals surface area contributed by atoms with Gasteiger partial charge < -0.3 is 24.8 Å². The van der Waals surface area contributed by atoms with Crippen molar-refractivity contribution in [2.75, 3.05) is 50.8 Å². The lowest BCUT2D eigenvalue weighted by atomic mass is 10.1. The second-order valence-electron chi connectivity index (χ2n) is 9.13. The summed E-state index contributed by atoms with van der Waals surface area (Å²) in [6, 6.07) is 13.7. The summed E-state index contributed by atoms with van der Waals surface area (Å²) >= 11 is 0. The minimum atomic E-state index is -0.216. The van der Waals surface area contributed by atoms with Crippen molar-refractivity contribution in [2.24, 2.45) is 0 Å². The van der Waals surface area contributed by atoms with E-state index in [0.29, 0.717) is 32.7 Å². The van der Waals surface area contributed by atoms with Gasteiger partial charge in [0.2, 0.25) is 5.91 Å². The zero-order chi connectivity index (χ0) is 23.9. The molecule has 0 bridgehead atoms. The number of nitrogens with zero attached hydrogens (tertiary/aromatic N) is 5. The number of ether oxygens (including phenoxy) is 1. The third-order valence-corrected chi connectivity index (χ3v) is 6.15. The molecule has 2 aliphatic heterocycles. The van der Waals surface area contributed by atoms with Crippen LogP contribution in [-0.4, -0.2) is 90.0 Å². The Morgan fingerprint density at radius 1 is 1.09 bits per heavy atom. The molecular weight excluding hydrogens is 432 g/mol. The quantitative estimate of drug-likeness (QED) is 0.674. The summed E-state index contributed by atoms with van der Waals surface area (Å²) in [6.07, 6.45) is 1.91. The molecular formula is C25H34N6O3. The SMILES string of the molecule is CC(C)NC(=O)N(CC(=O)N1CCN(c2ccc(-c3ccccc3)nn2)CC1)C[C@H]1CCCO1. The monoisotopic (exact) mass is 466 g/mol. The first-order valence-electron chi connectivity index (χ1n) is 12.1. The first kappa shape index (κ1) is 23.9. The topological polar surface area (TPSA) is 90.9 Å². The molecule has 2 aromatic rings. The van der Waals surface area contributed by atoms with E-state index in [0.717, 1.165) is 36.5 Å². The lowest BCUT2D eigenvalue weighted by Crippen LogP contribution is -2.54. The van der Waals surface area contributed by atoms with Gasteiger partial charge in [0.1, 0.15) is 6.54 Å². The van der Waals surface area contributed by atoms with Crippen LogP contribution in [0.5, 0.6) is 0 Å². The van der Waals surface area contributed by atoms with E-state index in [1.165, 1.54) is 0 Å². The Hall–Kier alpha value is -3.20. The summed E-state index contributed by atoms with van der Waals surface area (Å²) in [5, 5.41) is 11.7. The molecule has 0 saturated carbocycles. The van der Waals surface area contributed by atoms with Gasteiger partial charge in [-0.2, -0.15) is 0 Å². The fourth-order valence-electron chi connectivity index (χ4n) is 4.30. The van der Waals surface area contributed by atoms with Crippen LogP contribution in [-0.2, 0) is 9.53 Å². The molecule has 9 heteroatoms.